The predicted octanol–water partition coefficient (Wildman–Crippen LogP) is 5.52. The van der Waals surface area contributed by atoms with Gasteiger partial charge in [-0.15, -0.1) is 0 Å². The summed E-state index contributed by atoms with van der Waals surface area (Å²) < 4.78 is 0. The van der Waals surface area contributed by atoms with Crippen molar-refractivity contribution in [3.8, 4) is 0 Å². The van der Waals surface area contributed by atoms with E-state index in [2.05, 4.69) is 48.5 Å². The van der Waals surface area contributed by atoms with E-state index in [1.54, 1.807) is 0 Å². The Morgan fingerprint density at radius 2 is 1.36 bits per heavy atom. The third-order valence-corrected chi connectivity index (χ3v) is 2.92. The molecule has 0 heteroatoms. The van der Waals surface area contributed by atoms with Crippen LogP contribution in [0.3, 0.4) is 0 Å². The topological polar surface area (TPSA) is 0 Å². The predicted molar refractivity (Wildman–Crippen MR) is 68.7 cm³/mol. The zero-order valence-corrected chi connectivity index (χ0v) is 11.6. The molecule has 0 radical (unpaired) electrons. The van der Waals surface area contributed by atoms with Crippen LogP contribution < -0.4 is 0 Å². The average molecular weight is 200 g/mol. The van der Waals surface area contributed by atoms with Crippen molar-refractivity contribution in [1.82, 2.24) is 0 Å². The average Bonchev–Trinajstić information content (AvgIpc) is 2.14. The smallest absolute Gasteiger partial charge is 0.0422 e. The van der Waals surface area contributed by atoms with Crippen LogP contribution in [0.25, 0.3) is 0 Å². The molecule has 0 spiro atoms. The Labute approximate surface area is 92.5 Å². The lowest BCUT2D eigenvalue weighted by Gasteiger charge is -2.10. The highest BCUT2D eigenvalue weighted by molar-refractivity contribution is 4.52. The number of hydrogen-bond acceptors (Lipinski definition) is 0. The molecule has 88 valence electrons. The summed E-state index contributed by atoms with van der Waals surface area (Å²) in [6.07, 6.45) is 5.46. The molecule has 0 bridgehead atoms. The maximum absolute atomic E-state index is 2.30. The molecule has 0 aromatic rings. The van der Waals surface area contributed by atoms with Crippen molar-refractivity contribution in [2.75, 3.05) is 0 Å². The highest BCUT2D eigenvalue weighted by Crippen LogP contribution is 2.11. The molecule has 1 atom stereocenters. The van der Waals surface area contributed by atoms with E-state index < -0.39 is 0 Å². The van der Waals surface area contributed by atoms with Crippen molar-refractivity contribution in [3.05, 3.63) is 0 Å². The van der Waals surface area contributed by atoms with Gasteiger partial charge in [-0.05, 0) is 17.8 Å². The van der Waals surface area contributed by atoms with Gasteiger partial charge in [0, 0.05) is 0 Å². The second-order valence-electron chi connectivity index (χ2n) is 5.17. The van der Waals surface area contributed by atoms with Gasteiger partial charge in [0.1, 0.15) is 0 Å². The molecule has 0 N–H and O–H groups in total. The summed E-state index contributed by atoms with van der Waals surface area (Å²) in [6.45, 7) is 15.9. The van der Waals surface area contributed by atoms with Crippen LogP contribution in [0.15, 0.2) is 0 Å². The third-order valence-electron chi connectivity index (χ3n) is 2.92. The van der Waals surface area contributed by atoms with Crippen LogP contribution in [-0.4, -0.2) is 0 Å². The van der Waals surface area contributed by atoms with Gasteiger partial charge in [-0.2, -0.15) is 0 Å². The molecule has 0 aliphatic heterocycles. The molecule has 0 aromatic carbocycles. The lowest BCUT2D eigenvalue weighted by Crippen LogP contribution is -2.00. The van der Waals surface area contributed by atoms with Gasteiger partial charge in [0.15, 0.2) is 0 Å². The molecule has 1 unspecified atom stereocenters. The van der Waals surface area contributed by atoms with Gasteiger partial charge >= 0.3 is 0 Å². The Morgan fingerprint density at radius 1 is 0.857 bits per heavy atom. The second kappa shape index (κ2) is 11.1. The van der Waals surface area contributed by atoms with Crippen molar-refractivity contribution in [2.24, 2.45) is 17.8 Å². The van der Waals surface area contributed by atoms with Gasteiger partial charge in [0.2, 0.25) is 0 Å². The Morgan fingerprint density at radius 3 is 1.43 bits per heavy atom. The van der Waals surface area contributed by atoms with E-state index >= 15 is 0 Å². The summed E-state index contributed by atoms with van der Waals surface area (Å²) in [5.74, 6) is 2.67. The molecule has 0 nitrogen and oxygen atoms in total. The SMILES string of the molecule is CCC(C)C(C)C.CCCCC(C)C. The minimum absolute atomic E-state index is 0.866. The number of rotatable bonds is 5. The van der Waals surface area contributed by atoms with Crippen molar-refractivity contribution in [2.45, 2.75) is 74.1 Å². The van der Waals surface area contributed by atoms with E-state index in [4.69, 9.17) is 0 Å². The quantitative estimate of drug-likeness (QED) is 0.548. The van der Waals surface area contributed by atoms with E-state index in [1.807, 2.05) is 0 Å². The van der Waals surface area contributed by atoms with Crippen LogP contribution in [0.2, 0.25) is 0 Å². The first-order valence-corrected chi connectivity index (χ1v) is 6.45. The number of unbranched alkanes of at least 4 members (excludes halogenated alkanes) is 1. The van der Waals surface area contributed by atoms with Crippen molar-refractivity contribution >= 4 is 0 Å². The molecule has 0 saturated carbocycles. The van der Waals surface area contributed by atoms with Crippen LogP contribution >= 0.6 is 0 Å². The van der Waals surface area contributed by atoms with Gasteiger partial charge in [-0.25, -0.2) is 0 Å². The Hall–Kier alpha value is 0. The molecular weight excluding hydrogens is 168 g/mol. The first-order chi connectivity index (χ1) is 6.45. The summed E-state index contributed by atoms with van der Waals surface area (Å²) in [5.41, 5.74) is 0. The van der Waals surface area contributed by atoms with E-state index in [-0.39, 0.29) is 0 Å². The largest absolute Gasteiger partial charge is 0.0654 e. The zero-order valence-electron chi connectivity index (χ0n) is 11.6. The lowest BCUT2D eigenvalue weighted by atomic mass is 9.96. The molecule has 0 amide bonds. The maximum Gasteiger partial charge on any atom is -0.0422 e. The van der Waals surface area contributed by atoms with Gasteiger partial charge in [0.05, 0.1) is 0 Å². The highest BCUT2D eigenvalue weighted by Gasteiger charge is 2.01. The van der Waals surface area contributed by atoms with Crippen molar-refractivity contribution < 1.29 is 0 Å². The Balaban J connectivity index is 0. The highest BCUT2D eigenvalue weighted by atomic mass is 14.1. The van der Waals surface area contributed by atoms with Gasteiger partial charge in [-0.3, -0.25) is 0 Å². The standard InChI is InChI=1S/2C7H16/c1-5-7(4)6(2)3;1-4-5-6-7(2)3/h6-7H,5H2,1-4H3;7H,4-6H2,1-3H3. The zero-order chi connectivity index (χ0) is 11.6. The van der Waals surface area contributed by atoms with Gasteiger partial charge in [-0.1, -0.05) is 74.1 Å². The molecule has 0 saturated heterocycles. The summed E-state index contributed by atoms with van der Waals surface area (Å²) >= 11 is 0. The summed E-state index contributed by atoms with van der Waals surface area (Å²) in [4.78, 5) is 0. The van der Waals surface area contributed by atoms with Crippen LogP contribution in [0.1, 0.15) is 74.1 Å². The minimum Gasteiger partial charge on any atom is -0.0654 e. The summed E-state index contributed by atoms with van der Waals surface area (Å²) in [7, 11) is 0. The van der Waals surface area contributed by atoms with E-state index in [0.29, 0.717) is 0 Å². The first kappa shape index (κ1) is 16.4. The number of hydrogen-bond donors (Lipinski definition) is 0. The maximum atomic E-state index is 2.30. The molecule has 0 aliphatic rings. The van der Waals surface area contributed by atoms with Crippen molar-refractivity contribution in [3.63, 3.8) is 0 Å². The monoisotopic (exact) mass is 200 g/mol. The molecule has 14 heavy (non-hydrogen) atoms. The molecule has 0 fully saturated rings. The van der Waals surface area contributed by atoms with Crippen LogP contribution in [0.4, 0.5) is 0 Å². The van der Waals surface area contributed by atoms with Crippen molar-refractivity contribution in [1.29, 1.82) is 0 Å². The Kier molecular flexibility index (Phi) is 13.0. The van der Waals surface area contributed by atoms with Crippen LogP contribution in [0.5, 0.6) is 0 Å². The minimum atomic E-state index is 0.866. The molecule has 0 heterocycles. The van der Waals surface area contributed by atoms with E-state index in [9.17, 15) is 0 Å². The summed E-state index contributed by atoms with van der Waals surface area (Å²) in [5, 5.41) is 0. The van der Waals surface area contributed by atoms with Gasteiger partial charge in [0.25, 0.3) is 0 Å². The Bertz CT molecular complexity index is 92.2. The fraction of sp³-hybridized carbons (Fsp3) is 1.00. The third kappa shape index (κ3) is 14.5. The summed E-state index contributed by atoms with van der Waals surface area (Å²) in [6, 6.07) is 0. The molecular formula is C14H32. The van der Waals surface area contributed by atoms with E-state index in [1.165, 1.54) is 25.7 Å². The second-order valence-corrected chi connectivity index (χ2v) is 5.17. The van der Waals surface area contributed by atoms with Gasteiger partial charge < -0.3 is 0 Å². The fourth-order valence-electron chi connectivity index (χ4n) is 1.08. The first-order valence-electron chi connectivity index (χ1n) is 6.45. The molecule has 0 rings (SSSR count). The fourth-order valence-corrected chi connectivity index (χ4v) is 1.08. The van der Waals surface area contributed by atoms with Crippen LogP contribution in [-0.2, 0) is 0 Å². The normalized spacial score (nSPS) is 12.6. The molecule has 0 aromatic heterocycles. The van der Waals surface area contributed by atoms with Crippen LogP contribution in [0, 0.1) is 17.8 Å². The molecule has 0 aliphatic carbocycles. The van der Waals surface area contributed by atoms with E-state index in [0.717, 1.165) is 17.8 Å². The lowest BCUT2D eigenvalue weighted by molar-refractivity contribution is 0.407.